The molecule has 2 aromatic heterocycles. The quantitative estimate of drug-likeness (QED) is 0.623. The summed E-state index contributed by atoms with van der Waals surface area (Å²) in [6, 6.07) is 9.36. The third-order valence-electron chi connectivity index (χ3n) is 4.79. The minimum atomic E-state index is -0.574. The van der Waals surface area contributed by atoms with Crippen LogP contribution in [0.4, 0.5) is 0 Å². The van der Waals surface area contributed by atoms with Crippen LogP contribution < -0.4 is 11.5 Å². The third kappa shape index (κ3) is 2.93. The maximum Gasteiger partial charge on any atom is 0.225 e. The molecule has 3 atom stereocenters. The van der Waals surface area contributed by atoms with Gasteiger partial charge in [0, 0.05) is 23.5 Å². The Morgan fingerprint density at radius 2 is 2.08 bits per heavy atom. The fraction of sp³-hybridized carbons (Fsp3) is 0.333. The van der Waals surface area contributed by atoms with Gasteiger partial charge in [-0.1, -0.05) is 18.2 Å². The smallest absolute Gasteiger partial charge is 0.225 e. The summed E-state index contributed by atoms with van der Waals surface area (Å²) in [7, 11) is 0. The number of primary amides is 1. The van der Waals surface area contributed by atoms with Crippen molar-refractivity contribution < 1.29 is 9.90 Å². The summed E-state index contributed by atoms with van der Waals surface area (Å²) in [6.07, 6.45) is 2.22. The van der Waals surface area contributed by atoms with Gasteiger partial charge in [-0.2, -0.15) is 5.10 Å². The van der Waals surface area contributed by atoms with E-state index in [2.05, 4.69) is 15.1 Å². The van der Waals surface area contributed by atoms with Crippen LogP contribution in [0.2, 0.25) is 0 Å². The molecule has 1 saturated carbocycles. The lowest BCUT2D eigenvalue weighted by Crippen LogP contribution is -2.28. The highest BCUT2D eigenvalue weighted by Crippen LogP contribution is 2.34. The Morgan fingerprint density at radius 3 is 2.81 bits per heavy atom. The summed E-state index contributed by atoms with van der Waals surface area (Å²) in [5, 5.41) is 15.5. The third-order valence-corrected chi connectivity index (χ3v) is 4.79. The molecule has 0 saturated heterocycles. The molecule has 0 bridgehead atoms. The van der Waals surface area contributed by atoms with Gasteiger partial charge in [0.15, 0.2) is 5.82 Å². The van der Waals surface area contributed by atoms with Crippen molar-refractivity contribution in [3.63, 3.8) is 0 Å². The van der Waals surface area contributed by atoms with Crippen molar-refractivity contribution >= 4 is 16.8 Å². The Balaban J connectivity index is 1.86. The fourth-order valence-electron chi connectivity index (χ4n) is 3.56. The normalized spacial score (nSPS) is 22.8. The number of rotatable bonds is 4. The van der Waals surface area contributed by atoms with Crippen molar-refractivity contribution in [2.75, 3.05) is 0 Å². The Bertz CT molecular complexity index is 954. The number of aliphatic hydroxyl groups excluding tert-OH is 1. The topological polar surface area (TPSA) is 133 Å². The highest BCUT2D eigenvalue weighted by Gasteiger charge is 2.35. The van der Waals surface area contributed by atoms with E-state index in [0.717, 1.165) is 16.6 Å². The average molecular weight is 352 g/mol. The largest absolute Gasteiger partial charge is 0.391 e. The molecule has 4 rings (SSSR count). The van der Waals surface area contributed by atoms with E-state index in [-0.39, 0.29) is 18.4 Å². The van der Waals surface area contributed by atoms with Crippen LogP contribution in [-0.4, -0.2) is 42.9 Å². The highest BCUT2D eigenvalue weighted by atomic mass is 16.3. The Kier molecular flexibility index (Phi) is 4.14. The molecule has 5 N–H and O–H groups in total. The first-order valence-corrected chi connectivity index (χ1v) is 8.55. The van der Waals surface area contributed by atoms with Gasteiger partial charge in [-0.05, 0) is 25.0 Å². The van der Waals surface area contributed by atoms with Gasteiger partial charge in [-0.15, -0.1) is 0 Å². The van der Waals surface area contributed by atoms with Gasteiger partial charge >= 0.3 is 0 Å². The van der Waals surface area contributed by atoms with Crippen LogP contribution in [-0.2, 0) is 11.2 Å². The molecule has 3 aromatic rings. The lowest BCUT2D eigenvalue weighted by Gasteiger charge is -2.12. The van der Waals surface area contributed by atoms with Gasteiger partial charge < -0.3 is 16.6 Å². The van der Waals surface area contributed by atoms with E-state index in [0.29, 0.717) is 24.5 Å². The van der Waals surface area contributed by atoms with Crippen molar-refractivity contribution in [2.45, 2.75) is 37.3 Å². The summed E-state index contributed by atoms with van der Waals surface area (Å²) < 4.78 is 1.71. The first kappa shape index (κ1) is 16.6. The van der Waals surface area contributed by atoms with E-state index in [1.807, 2.05) is 30.3 Å². The summed E-state index contributed by atoms with van der Waals surface area (Å²) in [4.78, 5) is 20.3. The maximum absolute atomic E-state index is 11.3. The SMILES string of the molecule is NC(=O)Cc1nc([C@H]2C[C@@H](N)[C@H](O)C2)n(-c2cccc3cccnc23)n1. The number of carbonyl (C=O) groups is 1. The zero-order valence-corrected chi connectivity index (χ0v) is 14.1. The lowest BCUT2D eigenvalue weighted by atomic mass is 10.1. The van der Waals surface area contributed by atoms with Gasteiger partial charge in [0.2, 0.25) is 5.91 Å². The summed E-state index contributed by atoms with van der Waals surface area (Å²) in [5.41, 5.74) is 12.9. The Hall–Kier alpha value is -2.84. The van der Waals surface area contributed by atoms with E-state index in [1.54, 1.807) is 10.9 Å². The number of hydrogen-bond donors (Lipinski definition) is 3. The van der Waals surface area contributed by atoms with E-state index in [9.17, 15) is 9.90 Å². The van der Waals surface area contributed by atoms with Gasteiger partial charge in [0.05, 0.1) is 23.7 Å². The second kappa shape index (κ2) is 6.47. The number of nitrogens with two attached hydrogens (primary N) is 2. The van der Waals surface area contributed by atoms with Crippen LogP contribution >= 0.6 is 0 Å². The van der Waals surface area contributed by atoms with Gasteiger partial charge in [0.1, 0.15) is 5.82 Å². The molecule has 26 heavy (non-hydrogen) atoms. The van der Waals surface area contributed by atoms with Crippen LogP contribution in [0, 0.1) is 0 Å². The minimum Gasteiger partial charge on any atom is -0.391 e. The second-order valence-corrected chi connectivity index (χ2v) is 6.69. The Labute approximate surface area is 149 Å². The zero-order valence-electron chi connectivity index (χ0n) is 14.1. The molecule has 0 aliphatic heterocycles. The number of pyridine rings is 1. The summed E-state index contributed by atoms with van der Waals surface area (Å²) >= 11 is 0. The number of hydrogen-bond acceptors (Lipinski definition) is 6. The predicted octanol–water partition coefficient (Wildman–Crippen LogP) is 0.409. The monoisotopic (exact) mass is 352 g/mol. The van der Waals surface area contributed by atoms with Crippen molar-refractivity contribution in [3.05, 3.63) is 48.2 Å². The van der Waals surface area contributed by atoms with E-state index >= 15 is 0 Å². The number of fused-ring (bicyclic) bond motifs is 1. The minimum absolute atomic E-state index is 0.0421. The molecule has 0 spiro atoms. The fourth-order valence-corrected chi connectivity index (χ4v) is 3.56. The molecular weight excluding hydrogens is 332 g/mol. The van der Waals surface area contributed by atoms with Crippen LogP contribution in [0.25, 0.3) is 16.6 Å². The van der Waals surface area contributed by atoms with Gasteiger partial charge in [0.25, 0.3) is 0 Å². The van der Waals surface area contributed by atoms with Crippen LogP contribution in [0.15, 0.2) is 36.5 Å². The molecule has 1 aliphatic rings. The number of nitrogens with zero attached hydrogens (tertiary/aromatic N) is 4. The van der Waals surface area contributed by atoms with Crippen molar-refractivity contribution in [2.24, 2.45) is 11.5 Å². The van der Waals surface area contributed by atoms with Crippen molar-refractivity contribution in [1.29, 1.82) is 0 Å². The molecule has 8 heteroatoms. The first-order valence-electron chi connectivity index (χ1n) is 8.55. The molecule has 1 fully saturated rings. The molecule has 1 amide bonds. The van der Waals surface area contributed by atoms with Crippen LogP contribution in [0.3, 0.4) is 0 Å². The predicted molar refractivity (Wildman–Crippen MR) is 95.5 cm³/mol. The number of para-hydroxylation sites is 1. The number of aromatic nitrogens is 4. The number of carbonyl (C=O) groups excluding carboxylic acids is 1. The van der Waals surface area contributed by atoms with Crippen molar-refractivity contribution in [3.8, 4) is 5.69 Å². The molecule has 8 nitrogen and oxygen atoms in total. The van der Waals surface area contributed by atoms with Crippen LogP contribution in [0.5, 0.6) is 0 Å². The lowest BCUT2D eigenvalue weighted by molar-refractivity contribution is -0.117. The molecule has 1 aromatic carbocycles. The number of benzene rings is 1. The summed E-state index contributed by atoms with van der Waals surface area (Å²) in [6.45, 7) is 0. The Morgan fingerprint density at radius 1 is 1.27 bits per heavy atom. The summed E-state index contributed by atoms with van der Waals surface area (Å²) in [5.74, 6) is 0.489. The van der Waals surface area contributed by atoms with Gasteiger partial charge in [-0.3, -0.25) is 9.78 Å². The van der Waals surface area contributed by atoms with Crippen LogP contribution in [0.1, 0.15) is 30.4 Å². The molecule has 2 heterocycles. The molecule has 134 valence electrons. The van der Waals surface area contributed by atoms with E-state index < -0.39 is 12.0 Å². The standard InChI is InChI=1S/C18H20N6O2/c19-12-7-11(8-14(12)25)18-22-16(9-15(20)26)23-24(18)13-5-1-3-10-4-2-6-21-17(10)13/h1-6,11-12,14,25H,7-9,19H2,(H2,20,26)/t11-,12+,14+/m0/s1. The second-order valence-electron chi connectivity index (χ2n) is 6.69. The molecule has 0 radical (unpaired) electrons. The number of aliphatic hydroxyl groups is 1. The molecule has 1 aliphatic carbocycles. The molecule has 0 unspecified atom stereocenters. The number of amides is 1. The first-order chi connectivity index (χ1) is 12.5. The van der Waals surface area contributed by atoms with E-state index in [4.69, 9.17) is 11.5 Å². The van der Waals surface area contributed by atoms with E-state index in [1.165, 1.54) is 0 Å². The average Bonchev–Trinajstić information content (AvgIpc) is 3.17. The highest BCUT2D eigenvalue weighted by molar-refractivity contribution is 5.86. The van der Waals surface area contributed by atoms with Crippen molar-refractivity contribution in [1.82, 2.24) is 19.7 Å². The maximum atomic E-state index is 11.3. The molecular formula is C18H20N6O2. The van der Waals surface area contributed by atoms with Gasteiger partial charge in [-0.25, -0.2) is 9.67 Å². The zero-order chi connectivity index (χ0) is 18.3.